The highest BCUT2D eigenvalue weighted by atomic mass is 16.4. The van der Waals surface area contributed by atoms with E-state index in [1.54, 1.807) is 12.3 Å². The van der Waals surface area contributed by atoms with E-state index in [0.29, 0.717) is 17.8 Å². The van der Waals surface area contributed by atoms with Gasteiger partial charge in [-0.15, -0.1) is 0 Å². The van der Waals surface area contributed by atoms with Crippen molar-refractivity contribution in [3.63, 3.8) is 0 Å². The predicted octanol–water partition coefficient (Wildman–Crippen LogP) is 4.72. The van der Waals surface area contributed by atoms with Crippen molar-refractivity contribution in [3.05, 3.63) is 107 Å². The number of hydrogen-bond donors (Lipinski definition) is 1. The van der Waals surface area contributed by atoms with Gasteiger partial charge in [-0.1, -0.05) is 48.0 Å². The molecule has 5 nitrogen and oxygen atoms in total. The van der Waals surface area contributed by atoms with Crippen LogP contribution in [0.3, 0.4) is 0 Å². The van der Waals surface area contributed by atoms with Crippen molar-refractivity contribution in [1.82, 2.24) is 9.55 Å². The number of hydrogen-bond acceptors (Lipinski definition) is 3. The van der Waals surface area contributed by atoms with E-state index < -0.39 is 5.97 Å². The first-order chi connectivity index (χ1) is 14.5. The number of carbonyl (C=O) groups excluding carboxylic acids is 1. The molecule has 0 aliphatic heterocycles. The molecular formula is C25H20N2O3. The molecule has 2 aromatic carbocycles. The number of fused-ring (bicyclic) bond motifs is 1. The summed E-state index contributed by atoms with van der Waals surface area (Å²) in [6.07, 6.45) is 6.30. The van der Waals surface area contributed by atoms with Crippen LogP contribution in [0.25, 0.3) is 17.0 Å². The normalized spacial score (nSPS) is 11.2. The molecule has 0 saturated carbocycles. The number of nitrogens with zero attached hydrogens (tertiary/aromatic N) is 2. The van der Waals surface area contributed by atoms with Gasteiger partial charge in [0.05, 0.1) is 11.2 Å². The van der Waals surface area contributed by atoms with Crippen LogP contribution in [0, 0.1) is 6.92 Å². The lowest BCUT2D eigenvalue weighted by atomic mass is 10.1. The number of pyridine rings is 1. The lowest BCUT2D eigenvalue weighted by Crippen LogP contribution is -2.10. The molecule has 5 heteroatoms. The number of para-hydroxylation sites is 1. The zero-order valence-electron chi connectivity index (χ0n) is 16.4. The molecule has 0 spiro atoms. The Balaban J connectivity index is 1.63. The summed E-state index contributed by atoms with van der Waals surface area (Å²) < 4.78 is 1.92. The van der Waals surface area contributed by atoms with Crippen molar-refractivity contribution in [2.24, 2.45) is 0 Å². The molecule has 0 saturated heterocycles. The summed E-state index contributed by atoms with van der Waals surface area (Å²) in [5, 5.41) is 9.78. The monoisotopic (exact) mass is 396 g/mol. The summed E-state index contributed by atoms with van der Waals surface area (Å²) >= 11 is 0. The minimum atomic E-state index is -0.998. The maximum atomic E-state index is 12.9. The zero-order chi connectivity index (χ0) is 21.1. The quantitative estimate of drug-likeness (QED) is 0.378. The minimum Gasteiger partial charge on any atom is -0.478 e. The fourth-order valence-electron chi connectivity index (χ4n) is 3.42. The minimum absolute atomic E-state index is 0.0187. The molecule has 148 valence electrons. The second-order valence-electron chi connectivity index (χ2n) is 7.15. The summed E-state index contributed by atoms with van der Waals surface area (Å²) in [7, 11) is 0. The summed E-state index contributed by atoms with van der Waals surface area (Å²) in [6, 6.07) is 18.9. The Labute approximate surface area is 173 Å². The van der Waals surface area contributed by atoms with E-state index in [4.69, 9.17) is 5.11 Å². The summed E-state index contributed by atoms with van der Waals surface area (Å²) in [4.78, 5) is 28.3. The van der Waals surface area contributed by atoms with Crippen LogP contribution in [0.1, 0.15) is 32.7 Å². The van der Waals surface area contributed by atoms with Gasteiger partial charge in [-0.05, 0) is 36.8 Å². The SMILES string of the molecule is Cc1ccc(C(=O)c2cccn2Cc2cnc3c(/C=C/C(=O)O)cccc3c2)cc1. The van der Waals surface area contributed by atoms with Crippen LogP contribution in [-0.4, -0.2) is 26.4 Å². The second kappa shape index (κ2) is 8.17. The highest BCUT2D eigenvalue weighted by molar-refractivity contribution is 6.08. The largest absolute Gasteiger partial charge is 0.478 e. The van der Waals surface area contributed by atoms with Crippen LogP contribution in [0.15, 0.2) is 79.1 Å². The van der Waals surface area contributed by atoms with Crippen molar-refractivity contribution in [2.45, 2.75) is 13.5 Å². The van der Waals surface area contributed by atoms with Crippen LogP contribution >= 0.6 is 0 Å². The first-order valence-corrected chi connectivity index (χ1v) is 9.56. The van der Waals surface area contributed by atoms with Crippen LogP contribution in [0.2, 0.25) is 0 Å². The van der Waals surface area contributed by atoms with E-state index >= 15 is 0 Å². The van der Waals surface area contributed by atoms with Crippen molar-refractivity contribution < 1.29 is 14.7 Å². The molecule has 0 fully saturated rings. The average Bonchev–Trinajstić information content (AvgIpc) is 3.20. The molecular weight excluding hydrogens is 376 g/mol. The van der Waals surface area contributed by atoms with E-state index in [1.165, 1.54) is 0 Å². The number of aryl methyl sites for hydroxylation is 1. The van der Waals surface area contributed by atoms with Gasteiger partial charge in [0, 0.05) is 41.5 Å². The number of carboxylic acids is 1. The first kappa shape index (κ1) is 19.3. The number of aliphatic carboxylic acids is 1. The number of benzene rings is 2. The molecule has 2 heterocycles. The smallest absolute Gasteiger partial charge is 0.328 e. The molecule has 2 aromatic heterocycles. The van der Waals surface area contributed by atoms with Gasteiger partial charge >= 0.3 is 5.97 Å². The van der Waals surface area contributed by atoms with Crippen molar-refractivity contribution in [1.29, 1.82) is 0 Å². The molecule has 1 N–H and O–H groups in total. The van der Waals surface area contributed by atoms with Gasteiger partial charge in [-0.3, -0.25) is 9.78 Å². The summed E-state index contributed by atoms with van der Waals surface area (Å²) in [6.45, 7) is 2.50. The van der Waals surface area contributed by atoms with Gasteiger partial charge in [0.15, 0.2) is 0 Å². The Morgan fingerprint density at radius 1 is 1.07 bits per heavy atom. The van der Waals surface area contributed by atoms with Crippen LogP contribution < -0.4 is 0 Å². The maximum absolute atomic E-state index is 12.9. The standard InChI is InChI=1S/C25H20N2O3/c1-17-7-9-20(10-8-17)25(30)22-6-3-13-27(22)16-18-14-21-5-2-4-19(11-12-23(28)29)24(21)26-15-18/h2-15H,16H2,1H3,(H,28,29)/b12-11+. The highest BCUT2D eigenvalue weighted by Gasteiger charge is 2.14. The third-order valence-electron chi connectivity index (χ3n) is 4.93. The van der Waals surface area contributed by atoms with E-state index in [0.717, 1.165) is 33.7 Å². The third-order valence-corrected chi connectivity index (χ3v) is 4.93. The number of carbonyl (C=O) groups is 2. The van der Waals surface area contributed by atoms with E-state index in [9.17, 15) is 9.59 Å². The highest BCUT2D eigenvalue weighted by Crippen LogP contribution is 2.20. The van der Waals surface area contributed by atoms with Crippen LogP contribution in [0.5, 0.6) is 0 Å². The van der Waals surface area contributed by atoms with Crippen LogP contribution in [-0.2, 0) is 11.3 Å². The van der Waals surface area contributed by atoms with E-state index in [2.05, 4.69) is 4.98 Å². The fourth-order valence-corrected chi connectivity index (χ4v) is 3.42. The Bertz CT molecular complexity index is 1270. The maximum Gasteiger partial charge on any atom is 0.328 e. The molecule has 0 amide bonds. The Morgan fingerprint density at radius 3 is 2.63 bits per heavy atom. The Kier molecular flexibility index (Phi) is 5.26. The van der Waals surface area contributed by atoms with Gasteiger partial charge in [0.2, 0.25) is 5.78 Å². The van der Waals surface area contributed by atoms with E-state index in [-0.39, 0.29) is 5.78 Å². The number of ketones is 1. The second-order valence-corrected chi connectivity index (χ2v) is 7.15. The predicted molar refractivity (Wildman–Crippen MR) is 117 cm³/mol. The average molecular weight is 396 g/mol. The molecule has 0 unspecified atom stereocenters. The van der Waals surface area contributed by atoms with Crippen LogP contribution in [0.4, 0.5) is 0 Å². The fraction of sp³-hybridized carbons (Fsp3) is 0.0800. The Morgan fingerprint density at radius 2 is 1.87 bits per heavy atom. The van der Waals surface area contributed by atoms with Gasteiger partial charge in [0.25, 0.3) is 0 Å². The third kappa shape index (κ3) is 4.05. The first-order valence-electron chi connectivity index (χ1n) is 9.56. The number of aromatic nitrogens is 2. The van der Waals surface area contributed by atoms with Crippen molar-refractivity contribution in [3.8, 4) is 0 Å². The zero-order valence-corrected chi connectivity index (χ0v) is 16.4. The van der Waals surface area contributed by atoms with E-state index in [1.807, 2.05) is 78.4 Å². The molecule has 30 heavy (non-hydrogen) atoms. The van der Waals surface area contributed by atoms with Crippen molar-refractivity contribution in [2.75, 3.05) is 0 Å². The molecule has 0 bridgehead atoms. The van der Waals surface area contributed by atoms with Gasteiger partial charge in [-0.2, -0.15) is 0 Å². The molecule has 4 rings (SSSR count). The molecule has 4 aromatic rings. The molecule has 0 radical (unpaired) electrons. The molecule has 0 aliphatic rings. The lowest BCUT2D eigenvalue weighted by molar-refractivity contribution is -0.131. The number of rotatable bonds is 6. The Hall–Kier alpha value is -3.99. The van der Waals surface area contributed by atoms with Gasteiger partial charge in [0.1, 0.15) is 0 Å². The molecule has 0 aliphatic carbocycles. The van der Waals surface area contributed by atoms with Gasteiger partial charge in [-0.25, -0.2) is 4.79 Å². The molecule has 0 atom stereocenters. The number of carboxylic acid groups (broad SMARTS) is 1. The lowest BCUT2D eigenvalue weighted by Gasteiger charge is -2.10. The van der Waals surface area contributed by atoms with Gasteiger partial charge < -0.3 is 9.67 Å². The summed E-state index contributed by atoms with van der Waals surface area (Å²) in [5.74, 6) is -1.02. The summed E-state index contributed by atoms with van der Waals surface area (Å²) in [5.41, 5.74) is 4.83. The topological polar surface area (TPSA) is 72.2 Å². The van der Waals surface area contributed by atoms with Crippen molar-refractivity contribution >= 4 is 28.7 Å².